The molecular weight excluding hydrogens is 242 g/mol. The lowest BCUT2D eigenvalue weighted by molar-refractivity contribution is 0.0104. The minimum absolute atomic E-state index is 0.247. The highest BCUT2D eigenvalue weighted by Gasteiger charge is 2.33. The highest BCUT2D eigenvalue weighted by Crippen LogP contribution is 2.19. The van der Waals surface area contributed by atoms with Gasteiger partial charge in [-0.1, -0.05) is 6.07 Å². The number of amides is 1. The molecule has 0 bridgehead atoms. The Kier molecular flexibility index (Phi) is 3.64. The van der Waals surface area contributed by atoms with E-state index in [0.717, 1.165) is 11.4 Å². The molecule has 104 valence electrons. The molecule has 2 heterocycles. The molecule has 0 aromatic carbocycles. The van der Waals surface area contributed by atoms with E-state index in [-0.39, 0.29) is 12.1 Å². The second-order valence-electron chi connectivity index (χ2n) is 5.90. The van der Waals surface area contributed by atoms with E-state index in [0.29, 0.717) is 13.1 Å². The van der Waals surface area contributed by atoms with Crippen LogP contribution in [0.3, 0.4) is 0 Å². The molecule has 5 nitrogen and oxygen atoms in total. The number of hydrogen-bond acceptors (Lipinski definition) is 4. The monoisotopic (exact) mass is 263 g/mol. The fourth-order valence-corrected chi connectivity index (χ4v) is 1.88. The number of nitrogens with zero attached hydrogens (tertiary/aromatic N) is 2. The van der Waals surface area contributed by atoms with E-state index in [2.05, 4.69) is 10.3 Å². The lowest BCUT2D eigenvalue weighted by Gasteiger charge is -2.40. The molecule has 0 saturated carbocycles. The third-order valence-corrected chi connectivity index (χ3v) is 2.88. The average molecular weight is 263 g/mol. The Morgan fingerprint density at radius 2 is 2.16 bits per heavy atom. The van der Waals surface area contributed by atoms with Gasteiger partial charge in [-0.3, -0.25) is 0 Å². The molecule has 1 saturated heterocycles. The first-order chi connectivity index (χ1) is 8.85. The van der Waals surface area contributed by atoms with Crippen LogP contribution in [0.5, 0.6) is 0 Å². The standard InChI is InChI=1S/C14H21N3O2/c1-10-6-5-7-15-12(10)16-11-8-17(9-11)13(18)19-14(2,3)4/h5-7,11H,8-9H2,1-4H3,(H,15,16). The second-order valence-corrected chi connectivity index (χ2v) is 5.90. The molecule has 1 aliphatic rings. The van der Waals surface area contributed by atoms with Gasteiger partial charge in [-0.15, -0.1) is 0 Å². The molecule has 1 aromatic heterocycles. The summed E-state index contributed by atoms with van der Waals surface area (Å²) in [7, 11) is 0. The van der Waals surface area contributed by atoms with Crippen molar-refractivity contribution in [3.8, 4) is 0 Å². The van der Waals surface area contributed by atoms with Crippen molar-refractivity contribution in [1.82, 2.24) is 9.88 Å². The number of ether oxygens (including phenoxy) is 1. The number of anilines is 1. The van der Waals surface area contributed by atoms with Crippen molar-refractivity contribution in [2.75, 3.05) is 18.4 Å². The Morgan fingerprint density at radius 1 is 1.47 bits per heavy atom. The summed E-state index contributed by atoms with van der Waals surface area (Å²) in [6.07, 6.45) is 1.52. The van der Waals surface area contributed by atoms with E-state index >= 15 is 0 Å². The third kappa shape index (κ3) is 3.59. The van der Waals surface area contributed by atoms with E-state index in [4.69, 9.17) is 4.74 Å². The smallest absolute Gasteiger partial charge is 0.410 e. The number of rotatable bonds is 2. The first kappa shape index (κ1) is 13.6. The number of carbonyl (C=O) groups is 1. The molecule has 1 fully saturated rings. The molecule has 1 aliphatic heterocycles. The quantitative estimate of drug-likeness (QED) is 0.890. The number of carbonyl (C=O) groups excluding carboxylic acids is 1. The zero-order chi connectivity index (χ0) is 14.0. The van der Waals surface area contributed by atoms with Crippen LogP contribution in [0, 0.1) is 6.92 Å². The van der Waals surface area contributed by atoms with Crippen LogP contribution in [0.1, 0.15) is 26.3 Å². The average Bonchev–Trinajstić information content (AvgIpc) is 2.22. The van der Waals surface area contributed by atoms with Gasteiger partial charge in [-0.2, -0.15) is 0 Å². The van der Waals surface area contributed by atoms with Crippen LogP contribution < -0.4 is 5.32 Å². The zero-order valence-electron chi connectivity index (χ0n) is 11.9. The molecule has 2 rings (SSSR count). The number of nitrogens with one attached hydrogen (secondary N) is 1. The number of hydrogen-bond donors (Lipinski definition) is 1. The molecule has 1 amide bonds. The molecule has 0 atom stereocenters. The van der Waals surface area contributed by atoms with E-state index in [9.17, 15) is 4.79 Å². The van der Waals surface area contributed by atoms with Crippen molar-refractivity contribution in [3.63, 3.8) is 0 Å². The summed E-state index contributed by atoms with van der Waals surface area (Å²) in [6, 6.07) is 4.18. The summed E-state index contributed by atoms with van der Waals surface area (Å²) in [5.74, 6) is 0.885. The highest BCUT2D eigenvalue weighted by atomic mass is 16.6. The summed E-state index contributed by atoms with van der Waals surface area (Å²) in [5.41, 5.74) is 0.672. The summed E-state index contributed by atoms with van der Waals surface area (Å²) >= 11 is 0. The third-order valence-electron chi connectivity index (χ3n) is 2.88. The first-order valence-corrected chi connectivity index (χ1v) is 6.51. The number of aromatic nitrogens is 1. The minimum atomic E-state index is -0.437. The maximum atomic E-state index is 11.8. The molecule has 5 heteroatoms. The van der Waals surface area contributed by atoms with Gasteiger partial charge in [0.1, 0.15) is 11.4 Å². The molecule has 0 radical (unpaired) electrons. The molecule has 0 spiro atoms. The molecule has 0 aliphatic carbocycles. The van der Waals surface area contributed by atoms with Crippen LogP contribution in [-0.2, 0) is 4.74 Å². The Bertz CT molecular complexity index is 462. The SMILES string of the molecule is Cc1cccnc1NC1CN(C(=O)OC(C)(C)C)C1. The Balaban J connectivity index is 1.81. The van der Waals surface area contributed by atoms with Gasteiger partial charge in [0.05, 0.1) is 6.04 Å². The number of pyridine rings is 1. The lowest BCUT2D eigenvalue weighted by Crippen LogP contribution is -2.58. The number of aryl methyl sites for hydroxylation is 1. The van der Waals surface area contributed by atoms with Crippen molar-refractivity contribution >= 4 is 11.9 Å². The Labute approximate surface area is 114 Å². The van der Waals surface area contributed by atoms with Crippen LogP contribution in [-0.4, -0.2) is 40.7 Å². The van der Waals surface area contributed by atoms with Gasteiger partial charge >= 0.3 is 6.09 Å². The summed E-state index contributed by atoms with van der Waals surface area (Å²) in [5, 5.41) is 3.33. The van der Waals surface area contributed by atoms with Crippen LogP contribution in [0.15, 0.2) is 18.3 Å². The van der Waals surface area contributed by atoms with Crippen LogP contribution >= 0.6 is 0 Å². The summed E-state index contributed by atoms with van der Waals surface area (Å²) in [4.78, 5) is 17.7. The van der Waals surface area contributed by atoms with E-state index in [1.165, 1.54) is 0 Å². The zero-order valence-corrected chi connectivity index (χ0v) is 11.9. The van der Waals surface area contributed by atoms with Gasteiger partial charge in [0.25, 0.3) is 0 Å². The van der Waals surface area contributed by atoms with Crippen molar-refractivity contribution in [3.05, 3.63) is 23.9 Å². The maximum absolute atomic E-state index is 11.8. The van der Waals surface area contributed by atoms with Crippen molar-refractivity contribution < 1.29 is 9.53 Å². The largest absolute Gasteiger partial charge is 0.444 e. The van der Waals surface area contributed by atoms with Gasteiger partial charge in [0, 0.05) is 19.3 Å². The van der Waals surface area contributed by atoms with Crippen molar-refractivity contribution in [2.45, 2.75) is 39.3 Å². The topological polar surface area (TPSA) is 54.5 Å². The van der Waals surface area contributed by atoms with Gasteiger partial charge in [-0.25, -0.2) is 9.78 Å². The fourth-order valence-electron chi connectivity index (χ4n) is 1.88. The van der Waals surface area contributed by atoms with E-state index in [1.54, 1.807) is 11.1 Å². The molecule has 1 aromatic rings. The second kappa shape index (κ2) is 5.07. The predicted octanol–water partition coefficient (Wildman–Crippen LogP) is 2.42. The van der Waals surface area contributed by atoms with Gasteiger partial charge < -0.3 is 15.0 Å². The molecule has 1 N–H and O–H groups in total. The highest BCUT2D eigenvalue weighted by molar-refractivity contribution is 5.69. The first-order valence-electron chi connectivity index (χ1n) is 6.51. The van der Waals surface area contributed by atoms with E-state index in [1.807, 2.05) is 39.8 Å². The van der Waals surface area contributed by atoms with Crippen LogP contribution in [0.25, 0.3) is 0 Å². The maximum Gasteiger partial charge on any atom is 0.410 e. The fraction of sp³-hybridized carbons (Fsp3) is 0.571. The summed E-state index contributed by atoms with van der Waals surface area (Å²) < 4.78 is 5.31. The van der Waals surface area contributed by atoms with Gasteiger partial charge in [0.2, 0.25) is 0 Å². The number of likely N-dealkylation sites (tertiary alicyclic amines) is 1. The molecule has 0 unspecified atom stereocenters. The Hall–Kier alpha value is -1.78. The van der Waals surface area contributed by atoms with Crippen LogP contribution in [0.2, 0.25) is 0 Å². The summed E-state index contributed by atoms with van der Waals surface area (Å²) in [6.45, 7) is 8.95. The predicted molar refractivity (Wildman–Crippen MR) is 74.2 cm³/mol. The van der Waals surface area contributed by atoms with E-state index < -0.39 is 5.60 Å². The molecular formula is C14H21N3O2. The Morgan fingerprint density at radius 3 is 2.74 bits per heavy atom. The van der Waals surface area contributed by atoms with Gasteiger partial charge in [-0.05, 0) is 39.3 Å². The van der Waals surface area contributed by atoms with Crippen LogP contribution in [0.4, 0.5) is 10.6 Å². The molecule has 19 heavy (non-hydrogen) atoms. The van der Waals surface area contributed by atoms with Crippen molar-refractivity contribution in [1.29, 1.82) is 0 Å². The van der Waals surface area contributed by atoms with Gasteiger partial charge in [0.15, 0.2) is 0 Å². The lowest BCUT2D eigenvalue weighted by atomic mass is 10.1. The minimum Gasteiger partial charge on any atom is -0.444 e. The van der Waals surface area contributed by atoms with Crippen molar-refractivity contribution in [2.24, 2.45) is 0 Å². The normalized spacial score (nSPS) is 15.9.